The number of piperidine rings is 1. The normalized spacial score (nSPS) is 16.4. The van der Waals surface area contributed by atoms with Crippen LogP contribution in [-0.2, 0) is 11.3 Å². The van der Waals surface area contributed by atoms with Crippen LogP contribution < -0.4 is 16.4 Å². The Morgan fingerprint density at radius 1 is 1.22 bits per heavy atom. The van der Waals surface area contributed by atoms with Crippen LogP contribution in [0.2, 0.25) is 0 Å². The van der Waals surface area contributed by atoms with Crippen molar-refractivity contribution >= 4 is 11.9 Å². The minimum absolute atomic E-state index is 0.0788. The molecule has 0 radical (unpaired) electrons. The number of hydrogen-bond acceptors (Lipinski definition) is 4. The fraction of sp³-hybridized carbons (Fsp3) is 0.737. The van der Waals surface area contributed by atoms with Crippen molar-refractivity contribution in [3.63, 3.8) is 0 Å². The molecule has 0 spiro atoms. The Morgan fingerprint density at radius 3 is 2.70 bits per heavy atom. The number of aryl methyl sites for hydroxylation is 1. The number of nitrogens with zero attached hydrogens (tertiary/aromatic N) is 4. The van der Waals surface area contributed by atoms with E-state index < -0.39 is 0 Å². The summed E-state index contributed by atoms with van der Waals surface area (Å²) in [6.45, 7) is 8.60. The molecule has 8 heteroatoms. The molecule has 0 aromatic carbocycles. The average Bonchev–Trinajstić information content (AvgIpc) is 3.18. The van der Waals surface area contributed by atoms with E-state index in [-0.39, 0.29) is 11.8 Å². The molecule has 1 aromatic heterocycles. The smallest absolute Gasteiger partial charge is 0.220 e. The van der Waals surface area contributed by atoms with Crippen molar-refractivity contribution in [2.24, 2.45) is 16.6 Å². The third-order valence-electron chi connectivity index (χ3n) is 4.90. The van der Waals surface area contributed by atoms with Crippen LogP contribution in [0.3, 0.4) is 0 Å². The maximum Gasteiger partial charge on any atom is 0.220 e. The number of aliphatic imine (C=N–C) groups is 1. The first-order valence-electron chi connectivity index (χ1n) is 10.2. The Hall–Kier alpha value is -2.09. The van der Waals surface area contributed by atoms with Gasteiger partial charge in [0.05, 0.1) is 0 Å². The molecule has 1 amide bonds. The Bertz CT molecular complexity index is 550. The minimum Gasteiger partial charge on any atom is -0.369 e. The lowest BCUT2D eigenvalue weighted by Crippen LogP contribution is -2.39. The third-order valence-corrected chi connectivity index (χ3v) is 4.90. The molecular weight excluding hydrogens is 342 g/mol. The first-order chi connectivity index (χ1) is 13.2. The van der Waals surface area contributed by atoms with Crippen LogP contribution in [0.4, 0.5) is 0 Å². The SMILES string of the molecule is CCNC(=NCCCn1cccn1)NCCCCN1CCC(C(N)=O)CC1. The molecule has 0 atom stereocenters. The van der Waals surface area contributed by atoms with Gasteiger partial charge in [-0.05, 0) is 64.7 Å². The summed E-state index contributed by atoms with van der Waals surface area (Å²) in [6, 6.07) is 1.94. The van der Waals surface area contributed by atoms with Crippen molar-refractivity contribution in [2.45, 2.75) is 45.6 Å². The van der Waals surface area contributed by atoms with E-state index in [2.05, 4.69) is 32.5 Å². The molecule has 1 aromatic rings. The Morgan fingerprint density at radius 2 is 2.04 bits per heavy atom. The van der Waals surface area contributed by atoms with Gasteiger partial charge in [0.15, 0.2) is 5.96 Å². The van der Waals surface area contributed by atoms with Crippen molar-refractivity contribution in [3.8, 4) is 0 Å². The van der Waals surface area contributed by atoms with Crippen LogP contribution in [0.5, 0.6) is 0 Å². The highest BCUT2D eigenvalue weighted by Gasteiger charge is 2.22. The Balaban J connectivity index is 1.54. The molecule has 0 aliphatic carbocycles. The fourth-order valence-electron chi connectivity index (χ4n) is 3.31. The largest absolute Gasteiger partial charge is 0.369 e. The van der Waals surface area contributed by atoms with Crippen LogP contribution in [0.15, 0.2) is 23.5 Å². The molecule has 2 heterocycles. The molecule has 27 heavy (non-hydrogen) atoms. The summed E-state index contributed by atoms with van der Waals surface area (Å²) in [5.41, 5.74) is 5.39. The zero-order valence-corrected chi connectivity index (χ0v) is 16.6. The van der Waals surface area contributed by atoms with Crippen LogP contribution in [0, 0.1) is 5.92 Å². The van der Waals surface area contributed by atoms with Crippen molar-refractivity contribution < 1.29 is 4.79 Å². The highest BCUT2D eigenvalue weighted by atomic mass is 16.1. The van der Waals surface area contributed by atoms with Crippen LogP contribution in [0.25, 0.3) is 0 Å². The molecule has 0 unspecified atom stereocenters. The number of amides is 1. The Kier molecular flexibility index (Phi) is 9.68. The van der Waals surface area contributed by atoms with E-state index in [0.29, 0.717) is 0 Å². The van der Waals surface area contributed by atoms with Gasteiger partial charge in [-0.3, -0.25) is 14.5 Å². The second-order valence-corrected chi connectivity index (χ2v) is 7.04. The molecule has 0 bridgehead atoms. The van der Waals surface area contributed by atoms with E-state index in [1.54, 1.807) is 6.20 Å². The molecular formula is C19H35N7O. The summed E-state index contributed by atoms with van der Waals surface area (Å²) in [5, 5.41) is 10.9. The van der Waals surface area contributed by atoms with Gasteiger partial charge < -0.3 is 21.3 Å². The fourth-order valence-corrected chi connectivity index (χ4v) is 3.31. The minimum atomic E-state index is -0.140. The van der Waals surface area contributed by atoms with Gasteiger partial charge >= 0.3 is 0 Å². The monoisotopic (exact) mass is 377 g/mol. The number of carbonyl (C=O) groups excluding carboxylic acids is 1. The first-order valence-corrected chi connectivity index (χ1v) is 10.2. The number of rotatable bonds is 11. The molecule has 4 N–H and O–H groups in total. The number of primary amides is 1. The van der Waals surface area contributed by atoms with Gasteiger partial charge in [0.1, 0.15) is 0 Å². The van der Waals surface area contributed by atoms with Gasteiger partial charge in [-0.2, -0.15) is 5.10 Å². The van der Waals surface area contributed by atoms with Gasteiger partial charge in [0.2, 0.25) is 5.91 Å². The van der Waals surface area contributed by atoms with Gasteiger partial charge in [0.25, 0.3) is 0 Å². The molecule has 1 fully saturated rings. The molecule has 1 aliphatic heterocycles. The molecule has 152 valence electrons. The molecule has 1 saturated heterocycles. The summed E-state index contributed by atoms with van der Waals surface area (Å²) in [6.07, 6.45) is 8.81. The molecule has 2 rings (SSSR count). The summed E-state index contributed by atoms with van der Waals surface area (Å²) in [4.78, 5) is 18.3. The number of guanidine groups is 1. The first kappa shape index (κ1) is 21.2. The molecule has 8 nitrogen and oxygen atoms in total. The lowest BCUT2D eigenvalue weighted by Gasteiger charge is -2.30. The van der Waals surface area contributed by atoms with Gasteiger partial charge in [-0.1, -0.05) is 0 Å². The number of nitrogens with one attached hydrogen (secondary N) is 2. The highest BCUT2D eigenvalue weighted by Crippen LogP contribution is 2.16. The summed E-state index contributed by atoms with van der Waals surface area (Å²) >= 11 is 0. The van der Waals surface area contributed by atoms with Gasteiger partial charge in [0, 0.05) is 44.5 Å². The second kappa shape index (κ2) is 12.3. The van der Waals surface area contributed by atoms with E-state index in [0.717, 1.165) is 83.9 Å². The number of aromatic nitrogens is 2. The number of likely N-dealkylation sites (tertiary alicyclic amines) is 1. The van der Waals surface area contributed by atoms with E-state index in [4.69, 9.17) is 5.73 Å². The molecule has 0 saturated carbocycles. The third kappa shape index (κ3) is 8.43. The lowest BCUT2D eigenvalue weighted by atomic mass is 9.96. The molecule has 1 aliphatic rings. The second-order valence-electron chi connectivity index (χ2n) is 7.04. The van der Waals surface area contributed by atoms with E-state index >= 15 is 0 Å². The number of nitrogens with two attached hydrogens (primary N) is 1. The number of hydrogen-bond donors (Lipinski definition) is 3. The topological polar surface area (TPSA) is 101 Å². The zero-order valence-electron chi connectivity index (χ0n) is 16.6. The van der Waals surface area contributed by atoms with E-state index in [1.807, 2.05) is 16.9 Å². The van der Waals surface area contributed by atoms with Crippen molar-refractivity contribution in [1.82, 2.24) is 25.3 Å². The van der Waals surface area contributed by atoms with Crippen molar-refractivity contribution in [3.05, 3.63) is 18.5 Å². The van der Waals surface area contributed by atoms with Crippen molar-refractivity contribution in [2.75, 3.05) is 39.3 Å². The zero-order chi connectivity index (χ0) is 19.3. The predicted molar refractivity (Wildman–Crippen MR) is 108 cm³/mol. The maximum atomic E-state index is 11.2. The van der Waals surface area contributed by atoms with E-state index in [1.165, 1.54) is 0 Å². The standard InChI is InChI=1S/C19H35N7O/c1-2-21-19(23-10-5-13-26-14-6-11-24-26)22-9-3-4-12-25-15-7-17(8-16-25)18(20)27/h6,11,14,17H,2-5,7-10,12-13,15-16H2,1H3,(H2,20,27)(H2,21,22,23). The quantitative estimate of drug-likeness (QED) is 0.301. The van der Waals surface area contributed by atoms with E-state index in [9.17, 15) is 4.79 Å². The summed E-state index contributed by atoms with van der Waals surface area (Å²) in [7, 11) is 0. The van der Waals surface area contributed by atoms with Gasteiger partial charge in [-0.15, -0.1) is 0 Å². The highest BCUT2D eigenvalue weighted by molar-refractivity contribution is 5.79. The Labute approximate surface area is 162 Å². The maximum absolute atomic E-state index is 11.2. The predicted octanol–water partition coefficient (Wildman–Crippen LogP) is 0.806. The lowest BCUT2D eigenvalue weighted by molar-refractivity contribution is -0.123. The summed E-state index contributed by atoms with van der Waals surface area (Å²) < 4.78 is 1.93. The number of carbonyl (C=O) groups is 1. The van der Waals surface area contributed by atoms with Crippen LogP contribution >= 0.6 is 0 Å². The van der Waals surface area contributed by atoms with Gasteiger partial charge in [-0.25, -0.2) is 0 Å². The summed E-state index contributed by atoms with van der Waals surface area (Å²) in [5.74, 6) is 0.828. The average molecular weight is 378 g/mol. The van der Waals surface area contributed by atoms with Crippen LogP contribution in [0.1, 0.15) is 39.0 Å². The number of unbranched alkanes of at least 4 members (excludes halogenated alkanes) is 1. The van der Waals surface area contributed by atoms with Crippen molar-refractivity contribution in [1.29, 1.82) is 0 Å². The van der Waals surface area contributed by atoms with Crippen LogP contribution in [-0.4, -0.2) is 65.8 Å².